The second-order valence-corrected chi connectivity index (χ2v) is 6.15. The van der Waals surface area contributed by atoms with Gasteiger partial charge in [0.05, 0.1) is 11.1 Å². The van der Waals surface area contributed by atoms with E-state index in [-0.39, 0.29) is 5.56 Å². The lowest BCUT2D eigenvalue weighted by atomic mass is 9.99. The van der Waals surface area contributed by atoms with Gasteiger partial charge < -0.3 is 5.73 Å². The number of benzene rings is 2. The third kappa shape index (κ3) is 3.34. The fourth-order valence-electron chi connectivity index (χ4n) is 1.71. The van der Waals surface area contributed by atoms with Crippen molar-refractivity contribution in [3.8, 4) is 0 Å². The van der Waals surface area contributed by atoms with Crippen molar-refractivity contribution in [1.29, 1.82) is 0 Å². The number of halogens is 5. The average molecular weight is 411 g/mol. The molecule has 1 atom stereocenters. The molecule has 0 aliphatic rings. The average Bonchev–Trinajstić information content (AvgIpc) is 2.31. The minimum atomic E-state index is -0.794. The molecule has 6 heteroatoms. The highest BCUT2D eigenvalue weighted by molar-refractivity contribution is 9.10. The fourth-order valence-corrected chi connectivity index (χ4v) is 2.68. The second-order valence-electron chi connectivity index (χ2n) is 3.97. The van der Waals surface area contributed by atoms with E-state index < -0.39 is 17.7 Å². The first kappa shape index (κ1) is 14.9. The monoisotopic (exact) mass is 409 g/mol. The molecule has 0 saturated heterocycles. The minimum Gasteiger partial charge on any atom is -0.320 e. The van der Waals surface area contributed by atoms with Gasteiger partial charge in [-0.2, -0.15) is 0 Å². The van der Waals surface area contributed by atoms with Gasteiger partial charge in [0.25, 0.3) is 0 Å². The van der Waals surface area contributed by atoms with Crippen LogP contribution in [0.5, 0.6) is 0 Å². The number of hydrogen-bond donors (Lipinski definition) is 1. The zero-order valence-electron chi connectivity index (χ0n) is 9.43. The first-order chi connectivity index (χ1) is 8.88. The van der Waals surface area contributed by atoms with Gasteiger partial charge in [0, 0.05) is 14.5 Å². The molecule has 0 fully saturated rings. The van der Waals surface area contributed by atoms with E-state index in [4.69, 9.17) is 17.3 Å². The maximum absolute atomic E-state index is 13.9. The Labute approximate surface area is 131 Å². The first-order valence-electron chi connectivity index (χ1n) is 5.24. The van der Waals surface area contributed by atoms with Gasteiger partial charge in [-0.25, -0.2) is 8.78 Å². The van der Waals surface area contributed by atoms with E-state index >= 15 is 0 Å². The molecule has 0 heterocycles. The van der Waals surface area contributed by atoms with Crippen LogP contribution >= 0.6 is 43.5 Å². The van der Waals surface area contributed by atoms with Crippen LogP contribution in [0, 0.1) is 11.6 Å². The lowest BCUT2D eigenvalue weighted by Gasteiger charge is -2.15. The summed E-state index contributed by atoms with van der Waals surface area (Å²) in [5.41, 5.74) is 6.65. The van der Waals surface area contributed by atoms with E-state index in [1.165, 1.54) is 24.3 Å². The van der Waals surface area contributed by atoms with Crippen molar-refractivity contribution < 1.29 is 8.78 Å². The second kappa shape index (κ2) is 5.87. The maximum Gasteiger partial charge on any atom is 0.129 e. The van der Waals surface area contributed by atoms with Crippen molar-refractivity contribution in [2.24, 2.45) is 5.73 Å². The summed E-state index contributed by atoms with van der Waals surface area (Å²) < 4.78 is 28.2. The van der Waals surface area contributed by atoms with Crippen molar-refractivity contribution in [3.63, 3.8) is 0 Å². The molecule has 0 amide bonds. The predicted octanol–water partition coefficient (Wildman–Crippen LogP) is 5.19. The minimum absolute atomic E-state index is 0.214. The van der Waals surface area contributed by atoms with Gasteiger partial charge >= 0.3 is 0 Å². The molecule has 0 saturated carbocycles. The molecular formula is C13H8Br2ClF2N. The molecule has 1 nitrogen and oxygen atoms in total. The molecule has 0 aliphatic carbocycles. The third-order valence-corrected chi connectivity index (χ3v) is 4.27. The summed E-state index contributed by atoms with van der Waals surface area (Å²) in [6.07, 6.45) is 0. The summed E-state index contributed by atoms with van der Waals surface area (Å²) >= 11 is 12.2. The van der Waals surface area contributed by atoms with E-state index in [1.54, 1.807) is 6.07 Å². The summed E-state index contributed by atoms with van der Waals surface area (Å²) in [6, 6.07) is 6.10. The lowest BCUT2D eigenvalue weighted by Crippen LogP contribution is -2.14. The summed E-state index contributed by atoms with van der Waals surface area (Å²) in [7, 11) is 0. The number of hydrogen-bond acceptors (Lipinski definition) is 1. The SMILES string of the molecule is NC(c1cc(F)cc(Br)c1)c1cc(Cl)c(Br)cc1F. The van der Waals surface area contributed by atoms with Crippen molar-refractivity contribution in [2.45, 2.75) is 6.04 Å². The third-order valence-electron chi connectivity index (χ3n) is 2.62. The molecule has 0 spiro atoms. The van der Waals surface area contributed by atoms with Crippen LogP contribution in [-0.4, -0.2) is 0 Å². The predicted molar refractivity (Wildman–Crippen MR) is 79.2 cm³/mol. The molecule has 0 radical (unpaired) electrons. The molecule has 0 bridgehead atoms. The van der Waals surface area contributed by atoms with E-state index in [2.05, 4.69) is 31.9 Å². The van der Waals surface area contributed by atoms with Crippen LogP contribution in [0.15, 0.2) is 39.3 Å². The van der Waals surface area contributed by atoms with Gasteiger partial charge in [0.2, 0.25) is 0 Å². The Kier molecular flexibility index (Phi) is 4.61. The van der Waals surface area contributed by atoms with Gasteiger partial charge in [0.15, 0.2) is 0 Å². The molecule has 2 N–H and O–H groups in total. The van der Waals surface area contributed by atoms with Crippen molar-refractivity contribution in [3.05, 3.63) is 67.1 Å². The summed E-state index contributed by atoms with van der Waals surface area (Å²) in [5.74, 6) is -0.937. The summed E-state index contributed by atoms with van der Waals surface area (Å²) in [6.45, 7) is 0. The Hall–Kier alpha value is -0.490. The van der Waals surface area contributed by atoms with Gasteiger partial charge in [-0.05, 0) is 51.8 Å². The van der Waals surface area contributed by atoms with E-state index in [0.717, 1.165) is 0 Å². The molecule has 100 valence electrons. The topological polar surface area (TPSA) is 26.0 Å². The van der Waals surface area contributed by atoms with Gasteiger partial charge in [0.1, 0.15) is 11.6 Å². The van der Waals surface area contributed by atoms with Crippen molar-refractivity contribution >= 4 is 43.5 Å². The fraction of sp³-hybridized carbons (Fsp3) is 0.0769. The van der Waals surface area contributed by atoms with E-state index in [1.807, 2.05) is 0 Å². The summed E-state index contributed by atoms with van der Waals surface area (Å²) in [5, 5.41) is 0.349. The molecule has 19 heavy (non-hydrogen) atoms. The lowest BCUT2D eigenvalue weighted by molar-refractivity contribution is 0.595. The highest BCUT2D eigenvalue weighted by atomic mass is 79.9. The van der Waals surface area contributed by atoms with Crippen LogP contribution in [0.1, 0.15) is 17.2 Å². The molecule has 2 aromatic carbocycles. The molecule has 2 aromatic rings. The normalized spacial score (nSPS) is 12.5. The van der Waals surface area contributed by atoms with Crippen LogP contribution in [0.25, 0.3) is 0 Å². The van der Waals surface area contributed by atoms with Crippen molar-refractivity contribution in [2.75, 3.05) is 0 Å². The Morgan fingerprint density at radius 2 is 1.74 bits per heavy atom. The largest absolute Gasteiger partial charge is 0.320 e. The number of rotatable bonds is 2. The molecular weight excluding hydrogens is 403 g/mol. The van der Waals surface area contributed by atoms with Crippen LogP contribution in [0.4, 0.5) is 8.78 Å². The highest BCUT2D eigenvalue weighted by Gasteiger charge is 2.17. The Morgan fingerprint density at radius 3 is 2.37 bits per heavy atom. The zero-order valence-corrected chi connectivity index (χ0v) is 13.4. The maximum atomic E-state index is 13.9. The van der Waals surface area contributed by atoms with Gasteiger partial charge in [-0.15, -0.1) is 0 Å². The number of nitrogens with two attached hydrogens (primary N) is 1. The van der Waals surface area contributed by atoms with Crippen LogP contribution in [0.2, 0.25) is 5.02 Å². The smallest absolute Gasteiger partial charge is 0.129 e. The molecule has 2 rings (SSSR count). The highest BCUT2D eigenvalue weighted by Crippen LogP contribution is 2.31. The Bertz CT molecular complexity index is 614. The molecule has 1 unspecified atom stereocenters. The molecule has 0 aromatic heterocycles. The quantitative estimate of drug-likeness (QED) is 0.676. The van der Waals surface area contributed by atoms with E-state index in [0.29, 0.717) is 19.5 Å². The van der Waals surface area contributed by atoms with E-state index in [9.17, 15) is 8.78 Å². The van der Waals surface area contributed by atoms with Gasteiger partial charge in [-0.1, -0.05) is 27.5 Å². The first-order valence-corrected chi connectivity index (χ1v) is 7.21. The van der Waals surface area contributed by atoms with Crippen molar-refractivity contribution in [1.82, 2.24) is 0 Å². The van der Waals surface area contributed by atoms with Crippen LogP contribution in [-0.2, 0) is 0 Å². The van der Waals surface area contributed by atoms with Crippen LogP contribution < -0.4 is 5.73 Å². The van der Waals surface area contributed by atoms with Crippen LogP contribution in [0.3, 0.4) is 0 Å². The van der Waals surface area contributed by atoms with Gasteiger partial charge in [-0.3, -0.25) is 0 Å². The summed E-state index contributed by atoms with van der Waals surface area (Å²) in [4.78, 5) is 0. The molecule has 0 aliphatic heterocycles. The zero-order chi connectivity index (χ0) is 14.2. The standard InChI is InChI=1S/C13H8Br2ClF2N/c14-7-1-6(2-8(17)3-7)13(19)9-4-11(16)10(15)5-12(9)18/h1-5,13H,19H2. The Balaban J connectivity index is 2.49. The Morgan fingerprint density at radius 1 is 1.05 bits per heavy atom.